The molecule has 3 rings (SSSR count). The van der Waals surface area contributed by atoms with Crippen molar-refractivity contribution in [3.05, 3.63) is 52.3 Å². The van der Waals surface area contributed by atoms with Crippen molar-refractivity contribution in [1.29, 1.82) is 0 Å². The van der Waals surface area contributed by atoms with Crippen LogP contribution < -0.4 is 10.6 Å². The second-order valence-electron chi connectivity index (χ2n) is 7.10. The maximum atomic E-state index is 12.8. The van der Waals surface area contributed by atoms with Crippen LogP contribution in [0, 0.1) is 6.92 Å². The molecule has 2 N–H and O–H groups in total. The molecule has 2 heterocycles. The lowest BCUT2D eigenvalue weighted by Gasteiger charge is -2.12. The SMILES string of the molecule is Cc1nc(C(F)(F)F)ccc1C(=O)Nc1ccc(Cl)c(NC(=O)C2=NN(C)C(C)C2)c1. The molecule has 0 radical (unpaired) electrons. The average molecular weight is 454 g/mol. The van der Waals surface area contributed by atoms with Gasteiger partial charge in [-0.3, -0.25) is 14.6 Å². The molecule has 0 spiro atoms. The van der Waals surface area contributed by atoms with Crippen LogP contribution in [0.15, 0.2) is 35.4 Å². The highest BCUT2D eigenvalue weighted by Gasteiger charge is 2.33. The van der Waals surface area contributed by atoms with Crippen LogP contribution in [0.4, 0.5) is 24.5 Å². The zero-order valence-electron chi connectivity index (χ0n) is 16.8. The van der Waals surface area contributed by atoms with E-state index in [0.29, 0.717) is 17.8 Å². The summed E-state index contributed by atoms with van der Waals surface area (Å²) >= 11 is 6.15. The van der Waals surface area contributed by atoms with Crippen LogP contribution in [0.25, 0.3) is 0 Å². The van der Waals surface area contributed by atoms with Gasteiger partial charge in [-0.25, -0.2) is 4.98 Å². The zero-order chi connectivity index (χ0) is 22.9. The van der Waals surface area contributed by atoms with Crippen LogP contribution in [0.3, 0.4) is 0 Å². The van der Waals surface area contributed by atoms with Crippen molar-refractivity contribution in [3.63, 3.8) is 0 Å². The summed E-state index contributed by atoms with van der Waals surface area (Å²) in [4.78, 5) is 28.4. The molecule has 0 fully saturated rings. The molecule has 0 saturated heterocycles. The van der Waals surface area contributed by atoms with Gasteiger partial charge in [-0.1, -0.05) is 11.6 Å². The summed E-state index contributed by atoms with van der Waals surface area (Å²) in [6.45, 7) is 3.25. The standard InChI is InChI=1S/C20H19ClF3N5O2/c1-10-8-16(28-29(10)3)19(31)27-15-9-12(4-6-14(15)21)26-18(30)13-5-7-17(20(22,23)24)25-11(13)2/h4-7,9-10H,8H2,1-3H3,(H,26,30)(H,27,31). The van der Waals surface area contributed by atoms with E-state index in [1.165, 1.54) is 25.1 Å². The van der Waals surface area contributed by atoms with Crippen LogP contribution >= 0.6 is 11.6 Å². The number of pyridine rings is 1. The minimum atomic E-state index is -4.60. The number of halogens is 4. The number of hydrogen-bond donors (Lipinski definition) is 2. The van der Waals surface area contributed by atoms with Crippen molar-refractivity contribution in [2.45, 2.75) is 32.5 Å². The molecule has 0 bridgehead atoms. The summed E-state index contributed by atoms with van der Waals surface area (Å²) in [5.74, 6) is -1.06. The Morgan fingerprint density at radius 2 is 1.87 bits per heavy atom. The summed E-state index contributed by atoms with van der Waals surface area (Å²) in [6, 6.07) is 6.35. The van der Waals surface area contributed by atoms with Crippen LogP contribution in [0.5, 0.6) is 0 Å². The van der Waals surface area contributed by atoms with Crippen LogP contribution in [0.1, 0.15) is 35.1 Å². The number of alkyl halides is 3. The third kappa shape index (κ3) is 5.13. The summed E-state index contributed by atoms with van der Waals surface area (Å²) in [5, 5.41) is 11.4. The van der Waals surface area contributed by atoms with Crippen LogP contribution in [-0.4, -0.2) is 40.6 Å². The molecule has 0 saturated carbocycles. The predicted molar refractivity (Wildman–Crippen MR) is 111 cm³/mol. The largest absolute Gasteiger partial charge is 0.433 e. The van der Waals surface area contributed by atoms with E-state index in [9.17, 15) is 22.8 Å². The predicted octanol–water partition coefficient (Wildman–Crippen LogP) is 4.33. The highest BCUT2D eigenvalue weighted by molar-refractivity contribution is 6.44. The normalized spacial score (nSPS) is 16.2. The van der Waals surface area contributed by atoms with E-state index in [1.807, 2.05) is 6.92 Å². The monoisotopic (exact) mass is 453 g/mol. The van der Waals surface area contributed by atoms with Gasteiger partial charge in [-0.15, -0.1) is 0 Å². The van der Waals surface area contributed by atoms with Crippen LogP contribution in [-0.2, 0) is 11.0 Å². The number of carbonyl (C=O) groups excluding carboxylic acids is 2. The lowest BCUT2D eigenvalue weighted by Crippen LogP contribution is -2.23. The molecule has 164 valence electrons. The number of carbonyl (C=O) groups is 2. The second-order valence-corrected chi connectivity index (χ2v) is 7.51. The smallest absolute Gasteiger partial charge is 0.322 e. The summed E-state index contributed by atoms with van der Waals surface area (Å²) in [6.07, 6.45) is -4.12. The molecule has 1 aliphatic heterocycles. The maximum Gasteiger partial charge on any atom is 0.433 e. The minimum absolute atomic E-state index is 0.00845. The Balaban J connectivity index is 1.75. The molecule has 1 aliphatic rings. The number of nitrogens with zero attached hydrogens (tertiary/aromatic N) is 3. The molecule has 2 amide bonds. The first-order valence-corrected chi connectivity index (χ1v) is 9.61. The zero-order valence-corrected chi connectivity index (χ0v) is 17.6. The van der Waals surface area contributed by atoms with E-state index in [4.69, 9.17) is 11.6 Å². The van der Waals surface area contributed by atoms with Gasteiger partial charge in [0.2, 0.25) is 0 Å². The molecule has 1 aromatic heterocycles. The molecule has 2 aromatic rings. The number of nitrogens with one attached hydrogen (secondary N) is 2. The molecule has 1 aromatic carbocycles. The molecule has 7 nitrogen and oxygen atoms in total. The number of aromatic nitrogens is 1. The van der Waals surface area contributed by atoms with Gasteiger partial charge in [0.1, 0.15) is 11.4 Å². The van der Waals surface area contributed by atoms with E-state index in [2.05, 4.69) is 20.7 Å². The molecule has 11 heteroatoms. The fraction of sp³-hybridized carbons (Fsp3) is 0.300. The van der Waals surface area contributed by atoms with Gasteiger partial charge in [0, 0.05) is 25.2 Å². The lowest BCUT2D eigenvalue weighted by atomic mass is 10.1. The molecular weight excluding hydrogens is 435 g/mol. The molecule has 1 unspecified atom stereocenters. The Morgan fingerprint density at radius 3 is 2.45 bits per heavy atom. The first kappa shape index (κ1) is 22.5. The average Bonchev–Trinajstić information content (AvgIpc) is 3.02. The Bertz CT molecular complexity index is 1070. The van der Waals surface area contributed by atoms with Crippen molar-refractivity contribution < 1.29 is 22.8 Å². The third-order valence-electron chi connectivity index (χ3n) is 4.76. The van der Waals surface area contributed by atoms with Gasteiger partial charge in [-0.2, -0.15) is 18.3 Å². The number of amides is 2. The number of rotatable bonds is 4. The van der Waals surface area contributed by atoms with Gasteiger partial charge in [-0.05, 0) is 44.2 Å². The summed E-state index contributed by atoms with van der Waals surface area (Å²) in [7, 11) is 1.77. The van der Waals surface area contributed by atoms with E-state index < -0.39 is 23.7 Å². The van der Waals surface area contributed by atoms with Crippen molar-refractivity contribution >= 4 is 40.5 Å². The van der Waals surface area contributed by atoms with Gasteiger partial charge in [0.05, 0.1) is 22.0 Å². The van der Waals surface area contributed by atoms with Crippen molar-refractivity contribution in [3.8, 4) is 0 Å². The van der Waals surface area contributed by atoms with E-state index in [-0.39, 0.29) is 28.0 Å². The Labute approximate surface area is 181 Å². The Kier molecular flexibility index (Phi) is 6.21. The van der Waals surface area contributed by atoms with E-state index in [0.717, 1.165) is 12.1 Å². The lowest BCUT2D eigenvalue weighted by molar-refractivity contribution is -0.141. The van der Waals surface area contributed by atoms with E-state index in [1.54, 1.807) is 12.1 Å². The second kappa shape index (κ2) is 8.54. The fourth-order valence-corrected chi connectivity index (χ4v) is 3.10. The molecule has 1 atom stereocenters. The topological polar surface area (TPSA) is 86.7 Å². The Hall–Kier alpha value is -3.14. The van der Waals surface area contributed by atoms with Crippen molar-refractivity contribution in [2.75, 3.05) is 17.7 Å². The van der Waals surface area contributed by atoms with E-state index >= 15 is 0 Å². The quantitative estimate of drug-likeness (QED) is 0.721. The number of benzene rings is 1. The highest BCUT2D eigenvalue weighted by Crippen LogP contribution is 2.29. The summed E-state index contributed by atoms with van der Waals surface area (Å²) < 4.78 is 38.3. The number of hydrazone groups is 1. The van der Waals surface area contributed by atoms with Crippen LogP contribution in [0.2, 0.25) is 5.02 Å². The van der Waals surface area contributed by atoms with Crippen molar-refractivity contribution in [2.24, 2.45) is 5.10 Å². The molecule has 31 heavy (non-hydrogen) atoms. The fourth-order valence-electron chi connectivity index (χ4n) is 2.93. The molecule has 0 aliphatic carbocycles. The van der Waals surface area contributed by atoms with Gasteiger partial charge in [0.25, 0.3) is 11.8 Å². The van der Waals surface area contributed by atoms with Gasteiger partial charge < -0.3 is 10.6 Å². The number of anilines is 2. The first-order valence-electron chi connectivity index (χ1n) is 9.23. The minimum Gasteiger partial charge on any atom is -0.322 e. The Morgan fingerprint density at radius 1 is 1.16 bits per heavy atom. The van der Waals surface area contributed by atoms with Crippen molar-refractivity contribution in [1.82, 2.24) is 9.99 Å². The van der Waals surface area contributed by atoms with Gasteiger partial charge in [0.15, 0.2) is 0 Å². The highest BCUT2D eigenvalue weighted by atomic mass is 35.5. The summed E-state index contributed by atoms with van der Waals surface area (Å²) in [5.41, 5.74) is -0.238. The van der Waals surface area contributed by atoms with Gasteiger partial charge >= 0.3 is 6.18 Å². The third-order valence-corrected chi connectivity index (χ3v) is 5.09. The number of hydrogen-bond acceptors (Lipinski definition) is 5. The molecular formula is C20H19ClF3N5O2. The first-order chi connectivity index (χ1) is 14.5. The number of aryl methyl sites for hydroxylation is 1. The maximum absolute atomic E-state index is 12.8.